The first-order chi connectivity index (χ1) is 12.9. The highest BCUT2D eigenvalue weighted by Gasteiger charge is 2.30. The molecule has 0 aliphatic heterocycles. The average molecular weight is 373 g/mol. The highest BCUT2D eigenvalue weighted by molar-refractivity contribution is 5.72. The fraction of sp³-hybridized carbons (Fsp3) is 0.652. The maximum absolute atomic E-state index is 12.6. The fourth-order valence-corrected chi connectivity index (χ4v) is 4.34. The third-order valence-electron chi connectivity index (χ3n) is 5.87. The number of rotatable bonds is 6. The number of fused-ring (bicyclic) bond motifs is 1. The van der Waals surface area contributed by atoms with E-state index in [0.29, 0.717) is 5.92 Å². The summed E-state index contributed by atoms with van der Waals surface area (Å²) in [6, 6.07) is 8.31. The van der Waals surface area contributed by atoms with Gasteiger partial charge in [0.2, 0.25) is 0 Å². The molecule has 0 radical (unpaired) electrons. The van der Waals surface area contributed by atoms with Gasteiger partial charge in [0.05, 0.1) is 11.8 Å². The van der Waals surface area contributed by atoms with Gasteiger partial charge in [-0.05, 0) is 42.7 Å². The minimum absolute atomic E-state index is 0.00574. The van der Waals surface area contributed by atoms with Gasteiger partial charge in [-0.2, -0.15) is 0 Å². The molecule has 2 aliphatic rings. The number of benzene rings is 1. The Bertz CT molecular complexity index is 641. The largest absolute Gasteiger partial charge is 0.462 e. The van der Waals surface area contributed by atoms with E-state index in [4.69, 9.17) is 9.47 Å². The van der Waals surface area contributed by atoms with Gasteiger partial charge >= 0.3 is 11.9 Å². The van der Waals surface area contributed by atoms with Crippen molar-refractivity contribution in [2.45, 2.75) is 77.9 Å². The highest BCUT2D eigenvalue weighted by atomic mass is 16.5. The first-order valence-corrected chi connectivity index (χ1v) is 10.4. The van der Waals surface area contributed by atoms with Crippen LogP contribution in [0.25, 0.3) is 0 Å². The Hall–Kier alpha value is -1.84. The van der Waals surface area contributed by atoms with E-state index in [-0.39, 0.29) is 36.0 Å². The first-order valence-electron chi connectivity index (χ1n) is 10.4. The van der Waals surface area contributed by atoms with Crippen molar-refractivity contribution >= 4 is 11.9 Å². The van der Waals surface area contributed by atoms with E-state index in [1.165, 1.54) is 11.1 Å². The summed E-state index contributed by atoms with van der Waals surface area (Å²) >= 11 is 0. The van der Waals surface area contributed by atoms with E-state index in [2.05, 4.69) is 12.1 Å². The van der Waals surface area contributed by atoms with Crippen molar-refractivity contribution in [2.24, 2.45) is 17.8 Å². The maximum atomic E-state index is 12.6. The Balaban J connectivity index is 1.45. The minimum atomic E-state index is -0.117. The topological polar surface area (TPSA) is 52.6 Å². The van der Waals surface area contributed by atoms with E-state index < -0.39 is 0 Å². The van der Waals surface area contributed by atoms with Crippen LogP contribution in [0, 0.1) is 17.8 Å². The van der Waals surface area contributed by atoms with Gasteiger partial charge in [-0.3, -0.25) is 9.59 Å². The third kappa shape index (κ3) is 5.33. The Morgan fingerprint density at radius 2 is 1.59 bits per heavy atom. The second-order valence-corrected chi connectivity index (χ2v) is 8.62. The normalized spacial score (nSPS) is 23.7. The second kappa shape index (κ2) is 8.90. The maximum Gasteiger partial charge on any atom is 0.308 e. The van der Waals surface area contributed by atoms with Gasteiger partial charge in [-0.15, -0.1) is 0 Å². The van der Waals surface area contributed by atoms with Crippen molar-refractivity contribution in [2.75, 3.05) is 0 Å². The van der Waals surface area contributed by atoms with Crippen molar-refractivity contribution in [1.29, 1.82) is 0 Å². The van der Waals surface area contributed by atoms with Gasteiger partial charge in [0, 0.05) is 12.8 Å². The standard InChI is InChI=1S/C23H32O4/c1-15(2)22(24)26-20-10-6-7-17(12-20)11-16(3)23(25)27-21-13-18-8-4-5-9-19(18)14-21/h4-5,8-9,15-17,20-21H,6-7,10-14H2,1-3H3. The Morgan fingerprint density at radius 3 is 2.22 bits per heavy atom. The monoisotopic (exact) mass is 372 g/mol. The predicted molar refractivity (Wildman–Crippen MR) is 104 cm³/mol. The van der Waals surface area contributed by atoms with Gasteiger partial charge in [0.25, 0.3) is 0 Å². The molecule has 0 bridgehead atoms. The van der Waals surface area contributed by atoms with Crippen LogP contribution in [0.2, 0.25) is 0 Å². The van der Waals surface area contributed by atoms with Crippen LogP contribution in [0.4, 0.5) is 0 Å². The minimum Gasteiger partial charge on any atom is -0.462 e. The van der Waals surface area contributed by atoms with E-state index in [9.17, 15) is 9.59 Å². The molecule has 1 aromatic rings. The molecular weight excluding hydrogens is 340 g/mol. The lowest BCUT2D eigenvalue weighted by Crippen LogP contribution is -2.30. The quantitative estimate of drug-likeness (QED) is 0.691. The van der Waals surface area contributed by atoms with Crippen molar-refractivity contribution < 1.29 is 19.1 Å². The molecule has 1 fully saturated rings. The third-order valence-corrected chi connectivity index (χ3v) is 5.87. The summed E-state index contributed by atoms with van der Waals surface area (Å²) in [6.07, 6.45) is 6.40. The molecule has 0 amide bonds. The Morgan fingerprint density at radius 1 is 0.963 bits per heavy atom. The molecule has 0 heterocycles. The van der Waals surface area contributed by atoms with Crippen LogP contribution in [0.3, 0.4) is 0 Å². The Labute approximate surface area is 162 Å². The van der Waals surface area contributed by atoms with Crippen LogP contribution in [0.1, 0.15) is 64.0 Å². The molecule has 27 heavy (non-hydrogen) atoms. The Kier molecular flexibility index (Phi) is 6.56. The number of hydrogen-bond acceptors (Lipinski definition) is 4. The zero-order chi connectivity index (χ0) is 19.4. The molecule has 4 heteroatoms. The summed E-state index contributed by atoms with van der Waals surface area (Å²) in [6.45, 7) is 5.69. The van der Waals surface area contributed by atoms with Crippen LogP contribution >= 0.6 is 0 Å². The summed E-state index contributed by atoms with van der Waals surface area (Å²) in [5.74, 6) is 0.0168. The molecular formula is C23H32O4. The van der Waals surface area contributed by atoms with Crippen LogP contribution < -0.4 is 0 Å². The van der Waals surface area contributed by atoms with Gasteiger partial charge in [-0.25, -0.2) is 0 Å². The highest BCUT2D eigenvalue weighted by Crippen LogP contribution is 2.32. The summed E-state index contributed by atoms with van der Waals surface area (Å²) < 4.78 is 11.4. The van der Waals surface area contributed by atoms with Crippen molar-refractivity contribution in [1.82, 2.24) is 0 Å². The van der Waals surface area contributed by atoms with Crippen LogP contribution in [-0.2, 0) is 31.9 Å². The van der Waals surface area contributed by atoms with Crippen molar-refractivity contribution in [3.05, 3.63) is 35.4 Å². The molecule has 3 unspecified atom stereocenters. The second-order valence-electron chi connectivity index (χ2n) is 8.62. The number of carbonyl (C=O) groups excluding carboxylic acids is 2. The lowest BCUT2D eigenvalue weighted by Gasteiger charge is -2.30. The van der Waals surface area contributed by atoms with Gasteiger partial charge in [-0.1, -0.05) is 51.5 Å². The molecule has 0 aromatic heterocycles. The lowest BCUT2D eigenvalue weighted by molar-refractivity contribution is -0.157. The molecule has 0 spiro atoms. The van der Waals surface area contributed by atoms with Crippen LogP contribution in [0.5, 0.6) is 0 Å². The van der Waals surface area contributed by atoms with E-state index >= 15 is 0 Å². The molecule has 4 nitrogen and oxygen atoms in total. The predicted octanol–water partition coefficient (Wildman–Crippen LogP) is 4.48. The number of ether oxygens (including phenoxy) is 2. The van der Waals surface area contributed by atoms with E-state index in [0.717, 1.165) is 44.9 Å². The number of hydrogen-bond donors (Lipinski definition) is 0. The molecule has 0 saturated heterocycles. The van der Waals surface area contributed by atoms with Crippen molar-refractivity contribution in [3.63, 3.8) is 0 Å². The molecule has 0 N–H and O–H groups in total. The SMILES string of the molecule is CC(C)C(=O)OC1CCCC(CC(C)C(=O)OC2Cc3ccccc3C2)C1. The molecule has 1 saturated carbocycles. The van der Waals surface area contributed by atoms with E-state index in [1.54, 1.807) is 0 Å². The smallest absolute Gasteiger partial charge is 0.308 e. The zero-order valence-corrected chi connectivity index (χ0v) is 16.8. The fourth-order valence-electron chi connectivity index (χ4n) is 4.34. The van der Waals surface area contributed by atoms with Crippen molar-refractivity contribution in [3.8, 4) is 0 Å². The molecule has 2 aliphatic carbocycles. The van der Waals surface area contributed by atoms with Crippen LogP contribution in [-0.4, -0.2) is 24.1 Å². The number of esters is 2. The average Bonchev–Trinajstić information content (AvgIpc) is 3.04. The molecule has 1 aromatic carbocycles. The molecule has 148 valence electrons. The van der Waals surface area contributed by atoms with Gasteiger partial charge in [0.1, 0.15) is 12.2 Å². The summed E-state index contributed by atoms with van der Waals surface area (Å²) in [5.41, 5.74) is 2.59. The molecule has 3 rings (SSSR count). The lowest BCUT2D eigenvalue weighted by atomic mass is 9.81. The van der Waals surface area contributed by atoms with E-state index in [1.807, 2.05) is 32.9 Å². The first kappa shape index (κ1) is 19.9. The van der Waals surface area contributed by atoms with Gasteiger partial charge in [0.15, 0.2) is 0 Å². The summed E-state index contributed by atoms with van der Waals surface area (Å²) in [4.78, 5) is 24.4. The summed E-state index contributed by atoms with van der Waals surface area (Å²) in [5, 5.41) is 0. The number of carbonyl (C=O) groups is 2. The van der Waals surface area contributed by atoms with Gasteiger partial charge < -0.3 is 9.47 Å². The molecule has 3 atom stereocenters. The zero-order valence-electron chi connectivity index (χ0n) is 16.8. The summed E-state index contributed by atoms with van der Waals surface area (Å²) in [7, 11) is 0. The van der Waals surface area contributed by atoms with Crippen LogP contribution in [0.15, 0.2) is 24.3 Å².